The highest BCUT2D eigenvalue weighted by molar-refractivity contribution is 6.34. The van der Waals surface area contributed by atoms with Gasteiger partial charge in [0.2, 0.25) is 5.91 Å². The van der Waals surface area contributed by atoms with Crippen LogP contribution in [0.15, 0.2) is 91.0 Å². The zero-order valence-corrected chi connectivity index (χ0v) is 22.1. The summed E-state index contributed by atoms with van der Waals surface area (Å²) in [6.45, 7) is 0.617. The van der Waals surface area contributed by atoms with E-state index in [-0.39, 0.29) is 12.5 Å². The van der Waals surface area contributed by atoms with E-state index in [1.54, 1.807) is 61.7 Å². The van der Waals surface area contributed by atoms with Gasteiger partial charge in [-0.3, -0.25) is 4.79 Å². The number of rotatable bonds is 10. The number of benzene rings is 4. The van der Waals surface area contributed by atoms with Crippen molar-refractivity contribution in [3.05, 3.63) is 123 Å². The topological polar surface area (TPSA) is 83.4 Å². The lowest BCUT2D eigenvalue weighted by Gasteiger charge is -2.21. The molecule has 0 saturated heterocycles. The van der Waals surface area contributed by atoms with E-state index >= 15 is 0 Å². The third-order valence-corrected chi connectivity index (χ3v) is 6.17. The number of nitrogens with zero attached hydrogens (tertiary/aromatic N) is 1. The van der Waals surface area contributed by atoms with E-state index in [0.29, 0.717) is 44.9 Å². The molecule has 0 saturated carbocycles. The second kappa shape index (κ2) is 12.9. The van der Waals surface area contributed by atoms with E-state index in [9.17, 15) is 4.79 Å². The molecule has 2 N–H and O–H groups in total. The van der Waals surface area contributed by atoms with E-state index in [2.05, 4.69) is 16.7 Å². The molecule has 1 unspecified atom stereocenters. The minimum absolute atomic E-state index is 0.220. The van der Waals surface area contributed by atoms with Crippen LogP contribution >= 0.6 is 23.2 Å². The average Bonchev–Trinajstić information content (AvgIpc) is 2.94. The van der Waals surface area contributed by atoms with Crippen molar-refractivity contribution in [3.8, 4) is 17.6 Å². The van der Waals surface area contributed by atoms with Crippen LogP contribution in [0.4, 0.5) is 5.69 Å². The summed E-state index contributed by atoms with van der Waals surface area (Å²) in [5.74, 6) is 0.759. The molecule has 0 spiro atoms. The van der Waals surface area contributed by atoms with Crippen LogP contribution in [0.2, 0.25) is 10.0 Å². The molecule has 1 amide bonds. The molecule has 0 aliphatic heterocycles. The maximum absolute atomic E-state index is 13.4. The van der Waals surface area contributed by atoms with Crippen molar-refractivity contribution in [2.45, 2.75) is 19.2 Å². The molecule has 0 bridgehead atoms. The van der Waals surface area contributed by atoms with Crippen molar-refractivity contribution >= 4 is 34.8 Å². The number of carbonyl (C=O) groups excluding carboxylic acids is 1. The maximum Gasteiger partial charge on any atom is 0.247 e. The zero-order chi connectivity index (χ0) is 26.9. The Morgan fingerprint density at radius 3 is 2.26 bits per heavy atom. The van der Waals surface area contributed by atoms with Gasteiger partial charge >= 0.3 is 0 Å². The molecule has 4 aromatic rings. The third-order valence-electron chi connectivity index (χ3n) is 5.73. The zero-order valence-electron chi connectivity index (χ0n) is 20.6. The normalized spacial score (nSPS) is 11.2. The van der Waals surface area contributed by atoms with E-state index in [1.807, 2.05) is 36.4 Å². The van der Waals surface area contributed by atoms with Crippen molar-refractivity contribution < 1.29 is 14.3 Å². The summed E-state index contributed by atoms with van der Waals surface area (Å²) in [6, 6.07) is 28.5. The van der Waals surface area contributed by atoms with Gasteiger partial charge in [-0.05, 0) is 71.3 Å². The van der Waals surface area contributed by atoms with Crippen LogP contribution in [0.5, 0.6) is 11.5 Å². The van der Waals surface area contributed by atoms with Crippen LogP contribution in [0, 0.1) is 11.3 Å². The summed E-state index contributed by atoms with van der Waals surface area (Å²) in [4.78, 5) is 13.4. The lowest BCUT2D eigenvalue weighted by Crippen LogP contribution is -2.33. The number of nitrogens with one attached hydrogen (secondary N) is 2. The van der Waals surface area contributed by atoms with Crippen LogP contribution in [-0.4, -0.2) is 13.0 Å². The highest BCUT2D eigenvalue weighted by Crippen LogP contribution is 2.33. The van der Waals surface area contributed by atoms with Gasteiger partial charge in [0, 0.05) is 22.3 Å². The molecule has 0 aliphatic carbocycles. The number of methoxy groups -OCH3 is 1. The molecule has 38 heavy (non-hydrogen) atoms. The fourth-order valence-electron chi connectivity index (χ4n) is 3.83. The first kappa shape index (κ1) is 26.9. The van der Waals surface area contributed by atoms with E-state index in [0.717, 1.165) is 11.1 Å². The monoisotopic (exact) mass is 545 g/mol. The lowest BCUT2D eigenvalue weighted by molar-refractivity contribution is -0.122. The van der Waals surface area contributed by atoms with Crippen molar-refractivity contribution in [2.24, 2.45) is 0 Å². The van der Waals surface area contributed by atoms with E-state index < -0.39 is 6.04 Å². The quantitative estimate of drug-likeness (QED) is 0.226. The minimum Gasteiger partial charge on any atom is -0.493 e. The number of halogens is 2. The summed E-state index contributed by atoms with van der Waals surface area (Å²) in [6.07, 6.45) is 0. The molecule has 0 aromatic heterocycles. The van der Waals surface area contributed by atoms with Crippen LogP contribution in [-0.2, 0) is 17.9 Å². The Kier molecular flexibility index (Phi) is 9.10. The maximum atomic E-state index is 13.4. The second-order valence-electron chi connectivity index (χ2n) is 8.45. The number of ether oxygens (including phenoxy) is 2. The molecule has 4 rings (SSSR count). The Labute approximate surface area is 231 Å². The molecule has 8 heteroatoms. The van der Waals surface area contributed by atoms with Gasteiger partial charge in [-0.2, -0.15) is 5.26 Å². The molecule has 1 atom stereocenters. The van der Waals surface area contributed by atoms with Gasteiger partial charge in [0.15, 0.2) is 11.5 Å². The smallest absolute Gasteiger partial charge is 0.247 e. The Morgan fingerprint density at radius 1 is 0.895 bits per heavy atom. The summed E-state index contributed by atoms with van der Waals surface area (Å²) in [5, 5.41) is 16.4. The van der Waals surface area contributed by atoms with Gasteiger partial charge in [-0.15, -0.1) is 0 Å². The van der Waals surface area contributed by atoms with Crippen LogP contribution in [0.3, 0.4) is 0 Å². The molecule has 0 aliphatic rings. The van der Waals surface area contributed by atoms with Gasteiger partial charge in [-0.25, -0.2) is 0 Å². The van der Waals surface area contributed by atoms with Crippen LogP contribution < -0.4 is 20.1 Å². The molecular formula is C30H25Cl2N3O3. The Balaban J connectivity index is 1.57. The number of nitriles is 1. The number of hydrogen-bond acceptors (Lipinski definition) is 5. The molecule has 6 nitrogen and oxygen atoms in total. The Hall–Kier alpha value is -4.18. The van der Waals surface area contributed by atoms with Gasteiger partial charge in [-0.1, -0.05) is 59.6 Å². The summed E-state index contributed by atoms with van der Waals surface area (Å²) in [7, 11) is 1.54. The van der Waals surface area contributed by atoms with E-state index in [4.69, 9.17) is 37.9 Å². The first-order valence-corrected chi connectivity index (χ1v) is 12.5. The van der Waals surface area contributed by atoms with Crippen molar-refractivity contribution in [1.82, 2.24) is 5.32 Å². The summed E-state index contributed by atoms with van der Waals surface area (Å²) >= 11 is 12.2. The fraction of sp³-hybridized carbons (Fsp3) is 0.133. The highest BCUT2D eigenvalue weighted by atomic mass is 35.5. The molecule has 0 fully saturated rings. The van der Waals surface area contributed by atoms with Gasteiger partial charge in [0.05, 0.1) is 18.7 Å². The average molecular weight is 546 g/mol. The molecular weight excluding hydrogens is 521 g/mol. The number of hydrogen-bond donors (Lipinski definition) is 2. The van der Waals surface area contributed by atoms with Crippen LogP contribution in [0.1, 0.15) is 28.3 Å². The SMILES string of the molecule is COc1cc(C(Nc2ccc(C#N)cc2)C(=O)NCc2ccccc2)ccc1OCc1cc(Cl)cc(Cl)c1. The van der Waals surface area contributed by atoms with Crippen molar-refractivity contribution in [1.29, 1.82) is 5.26 Å². The largest absolute Gasteiger partial charge is 0.493 e. The van der Waals surface area contributed by atoms with Gasteiger partial charge in [0.1, 0.15) is 12.6 Å². The summed E-state index contributed by atoms with van der Waals surface area (Å²) < 4.78 is 11.6. The fourth-order valence-corrected chi connectivity index (χ4v) is 4.40. The number of anilines is 1. The molecule has 4 aromatic carbocycles. The molecule has 192 valence electrons. The Morgan fingerprint density at radius 2 is 1.61 bits per heavy atom. The van der Waals surface area contributed by atoms with Gasteiger partial charge in [0.25, 0.3) is 0 Å². The Bertz CT molecular complexity index is 1420. The first-order valence-electron chi connectivity index (χ1n) is 11.8. The van der Waals surface area contributed by atoms with Crippen molar-refractivity contribution in [3.63, 3.8) is 0 Å². The number of carbonyl (C=O) groups is 1. The third kappa shape index (κ3) is 7.19. The second-order valence-corrected chi connectivity index (χ2v) is 9.32. The van der Waals surface area contributed by atoms with Crippen molar-refractivity contribution in [2.75, 3.05) is 12.4 Å². The predicted octanol–water partition coefficient (Wildman–Crippen LogP) is 6.92. The summed E-state index contributed by atoms with van der Waals surface area (Å²) in [5.41, 5.74) is 3.70. The number of amides is 1. The highest BCUT2D eigenvalue weighted by Gasteiger charge is 2.22. The first-order chi connectivity index (χ1) is 18.4. The van der Waals surface area contributed by atoms with E-state index in [1.165, 1.54) is 0 Å². The molecule has 0 radical (unpaired) electrons. The molecule has 0 heterocycles. The predicted molar refractivity (Wildman–Crippen MR) is 150 cm³/mol. The standard InChI is InChI=1S/C30H25Cl2N3O3/c1-37-28-15-23(9-12-27(28)38-19-22-13-24(31)16-25(32)14-22)29(35-26-10-7-20(17-33)8-11-26)30(36)34-18-21-5-3-2-4-6-21/h2-16,29,35H,18-19H2,1H3,(H,34,36). The minimum atomic E-state index is -0.735. The lowest BCUT2D eigenvalue weighted by atomic mass is 10.0. The van der Waals surface area contributed by atoms with Gasteiger partial charge < -0.3 is 20.1 Å². The van der Waals surface area contributed by atoms with Crippen LogP contribution in [0.25, 0.3) is 0 Å².